The minimum atomic E-state index is -0.166. The summed E-state index contributed by atoms with van der Waals surface area (Å²) >= 11 is 0. The molecule has 6 nitrogen and oxygen atoms in total. The van der Waals surface area contributed by atoms with E-state index >= 15 is 0 Å². The molecule has 0 aromatic heterocycles. The number of imide groups is 1. The van der Waals surface area contributed by atoms with Crippen LogP contribution in [0.15, 0.2) is 24.3 Å². The van der Waals surface area contributed by atoms with Crippen LogP contribution in [-0.4, -0.2) is 48.2 Å². The Balaban J connectivity index is 1.62. The predicted molar refractivity (Wildman–Crippen MR) is 101 cm³/mol. The first kappa shape index (κ1) is 19.4. The number of likely N-dealkylation sites (tertiary alicyclic amines) is 1. The molecule has 1 aliphatic carbocycles. The summed E-state index contributed by atoms with van der Waals surface area (Å²) < 4.78 is 5.38. The fraction of sp³-hybridized carbons (Fsp3) is 0.571. The Hall–Kier alpha value is -2.37. The van der Waals surface area contributed by atoms with Gasteiger partial charge >= 0.3 is 0 Å². The number of carbonyl (C=O) groups excluding carboxylic acids is 3. The zero-order valence-corrected chi connectivity index (χ0v) is 16.3. The van der Waals surface area contributed by atoms with Crippen molar-refractivity contribution in [1.82, 2.24) is 9.80 Å². The van der Waals surface area contributed by atoms with Crippen molar-refractivity contribution in [2.45, 2.75) is 45.1 Å². The van der Waals surface area contributed by atoms with Gasteiger partial charge in [0.25, 0.3) is 0 Å². The first-order valence-corrected chi connectivity index (χ1v) is 9.69. The second-order valence-electron chi connectivity index (χ2n) is 7.50. The molecule has 1 saturated heterocycles. The summed E-state index contributed by atoms with van der Waals surface area (Å²) in [5.74, 6) is 0.150. The molecular formula is C21H28N2O4. The molecule has 2 fully saturated rings. The molecule has 2 aliphatic rings. The van der Waals surface area contributed by atoms with E-state index in [1.165, 1.54) is 4.90 Å². The molecule has 3 atom stereocenters. The number of para-hydroxylation sites is 1. The van der Waals surface area contributed by atoms with Gasteiger partial charge in [0, 0.05) is 25.6 Å². The number of methoxy groups -OCH3 is 1. The highest BCUT2D eigenvalue weighted by Crippen LogP contribution is 2.38. The largest absolute Gasteiger partial charge is 0.496 e. The van der Waals surface area contributed by atoms with E-state index < -0.39 is 0 Å². The molecule has 6 heteroatoms. The molecule has 3 rings (SSSR count). The molecular weight excluding hydrogens is 344 g/mol. The molecule has 146 valence electrons. The van der Waals surface area contributed by atoms with Gasteiger partial charge in [0.15, 0.2) is 0 Å². The van der Waals surface area contributed by atoms with Gasteiger partial charge in [-0.15, -0.1) is 0 Å². The van der Waals surface area contributed by atoms with E-state index in [1.807, 2.05) is 31.2 Å². The number of benzene rings is 1. The molecule has 0 radical (unpaired) electrons. The summed E-state index contributed by atoms with van der Waals surface area (Å²) in [5, 5.41) is 0. The van der Waals surface area contributed by atoms with E-state index in [2.05, 4.69) is 0 Å². The van der Waals surface area contributed by atoms with Crippen LogP contribution < -0.4 is 4.74 Å². The number of hydrogen-bond donors (Lipinski definition) is 0. The third kappa shape index (κ3) is 3.70. The number of ether oxygens (including phenoxy) is 1. The molecule has 3 unspecified atom stereocenters. The lowest BCUT2D eigenvalue weighted by Crippen LogP contribution is -2.37. The fourth-order valence-corrected chi connectivity index (χ4v) is 4.27. The number of hydrogen-bond acceptors (Lipinski definition) is 4. The minimum absolute atomic E-state index is 0.0852. The minimum Gasteiger partial charge on any atom is -0.496 e. The highest BCUT2D eigenvalue weighted by molar-refractivity contribution is 6.05. The molecule has 1 aromatic rings. The third-order valence-corrected chi connectivity index (χ3v) is 6.05. The summed E-state index contributed by atoms with van der Waals surface area (Å²) in [7, 11) is 3.35. The molecule has 27 heavy (non-hydrogen) atoms. The fourth-order valence-electron chi connectivity index (χ4n) is 4.27. The number of rotatable bonds is 6. The first-order valence-electron chi connectivity index (χ1n) is 9.69. The topological polar surface area (TPSA) is 66.9 Å². The smallest absolute Gasteiger partial charge is 0.233 e. The standard InChI is InChI=1S/C21H28N2O4/c1-14(15-8-6-7-11-18(15)27-3)22(2)19(24)12-13-23-20(25)16-9-4-5-10-17(16)21(23)26/h6-8,11,14,16-17H,4-5,9-10,12-13H2,1-3H3. The van der Waals surface area contributed by atoms with Gasteiger partial charge < -0.3 is 9.64 Å². The van der Waals surface area contributed by atoms with Gasteiger partial charge in [-0.05, 0) is 25.8 Å². The maximum atomic E-state index is 12.7. The predicted octanol–water partition coefficient (Wildman–Crippen LogP) is 2.78. The van der Waals surface area contributed by atoms with Crippen LogP contribution in [0.1, 0.15) is 50.6 Å². The van der Waals surface area contributed by atoms with Crippen molar-refractivity contribution in [3.63, 3.8) is 0 Å². The van der Waals surface area contributed by atoms with Crippen LogP contribution in [0.25, 0.3) is 0 Å². The van der Waals surface area contributed by atoms with Crippen LogP contribution in [0.5, 0.6) is 5.75 Å². The van der Waals surface area contributed by atoms with Crippen LogP contribution in [0.4, 0.5) is 0 Å². The van der Waals surface area contributed by atoms with Crippen molar-refractivity contribution in [2.75, 3.05) is 20.7 Å². The van der Waals surface area contributed by atoms with Crippen molar-refractivity contribution in [3.05, 3.63) is 29.8 Å². The molecule has 0 bridgehead atoms. The van der Waals surface area contributed by atoms with Crippen LogP contribution in [-0.2, 0) is 14.4 Å². The van der Waals surface area contributed by atoms with Crippen molar-refractivity contribution < 1.29 is 19.1 Å². The van der Waals surface area contributed by atoms with Crippen LogP contribution in [0.3, 0.4) is 0 Å². The van der Waals surface area contributed by atoms with E-state index in [0.29, 0.717) is 0 Å². The molecule has 0 N–H and O–H groups in total. The third-order valence-electron chi connectivity index (χ3n) is 6.05. The van der Waals surface area contributed by atoms with Crippen molar-refractivity contribution in [1.29, 1.82) is 0 Å². The average Bonchev–Trinajstić information content (AvgIpc) is 2.95. The van der Waals surface area contributed by atoms with Gasteiger partial charge in [-0.3, -0.25) is 19.3 Å². The SMILES string of the molecule is COc1ccccc1C(C)N(C)C(=O)CCN1C(=O)C2CCCCC2C1=O. The summed E-state index contributed by atoms with van der Waals surface area (Å²) in [6, 6.07) is 7.44. The Bertz CT molecular complexity index is 709. The van der Waals surface area contributed by atoms with E-state index in [0.717, 1.165) is 37.0 Å². The Labute approximate surface area is 160 Å². The number of amides is 3. The normalized spacial score (nSPS) is 23.1. The zero-order valence-electron chi connectivity index (χ0n) is 16.3. The Morgan fingerprint density at radius 2 is 1.78 bits per heavy atom. The van der Waals surface area contributed by atoms with Crippen LogP contribution in [0.2, 0.25) is 0 Å². The summed E-state index contributed by atoms with van der Waals surface area (Å²) in [6.07, 6.45) is 3.75. The zero-order chi connectivity index (χ0) is 19.6. The van der Waals surface area contributed by atoms with Gasteiger partial charge in [-0.1, -0.05) is 31.0 Å². The monoisotopic (exact) mass is 372 g/mol. The lowest BCUT2D eigenvalue weighted by atomic mass is 9.81. The van der Waals surface area contributed by atoms with Gasteiger partial charge in [0.1, 0.15) is 5.75 Å². The Kier molecular flexibility index (Phi) is 5.82. The van der Waals surface area contributed by atoms with E-state index in [-0.39, 0.29) is 48.6 Å². The van der Waals surface area contributed by atoms with Crippen LogP contribution in [0, 0.1) is 11.8 Å². The molecule has 1 aromatic carbocycles. The Morgan fingerprint density at radius 3 is 2.37 bits per heavy atom. The van der Waals surface area contributed by atoms with E-state index in [4.69, 9.17) is 4.74 Å². The first-order chi connectivity index (χ1) is 13.0. The molecule has 1 heterocycles. The Morgan fingerprint density at radius 1 is 1.19 bits per heavy atom. The summed E-state index contributed by atoms with van der Waals surface area (Å²) in [4.78, 5) is 40.7. The summed E-state index contributed by atoms with van der Waals surface area (Å²) in [5.41, 5.74) is 0.926. The summed E-state index contributed by atoms with van der Waals surface area (Å²) in [6.45, 7) is 2.11. The molecule has 1 aliphatic heterocycles. The van der Waals surface area contributed by atoms with Crippen molar-refractivity contribution in [2.24, 2.45) is 11.8 Å². The molecule has 0 spiro atoms. The second-order valence-corrected chi connectivity index (χ2v) is 7.50. The van der Waals surface area contributed by atoms with E-state index in [9.17, 15) is 14.4 Å². The molecule has 1 saturated carbocycles. The van der Waals surface area contributed by atoms with Gasteiger partial charge in [-0.2, -0.15) is 0 Å². The maximum absolute atomic E-state index is 12.7. The number of fused-ring (bicyclic) bond motifs is 1. The van der Waals surface area contributed by atoms with Gasteiger partial charge in [0.05, 0.1) is 25.0 Å². The quantitative estimate of drug-likeness (QED) is 0.720. The van der Waals surface area contributed by atoms with Gasteiger partial charge in [0.2, 0.25) is 17.7 Å². The highest BCUT2D eigenvalue weighted by atomic mass is 16.5. The second kappa shape index (κ2) is 8.11. The average molecular weight is 372 g/mol. The van der Waals surface area contributed by atoms with Gasteiger partial charge in [-0.25, -0.2) is 0 Å². The maximum Gasteiger partial charge on any atom is 0.233 e. The van der Waals surface area contributed by atoms with E-state index in [1.54, 1.807) is 19.1 Å². The lowest BCUT2D eigenvalue weighted by molar-refractivity contribution is -0.141. The number of carbonyl (C=O) groups is 3. The lowest BCUT2D eigenvalue weighted by Gasteiger charge is -2.27. The van der Waals surface area contributed by atoms with Crippen molar-refractivity contribution >= 4 is 17.7 Å². The van der Waals surface area contributed by atoms with Crippen molar-refractivity contribution in [3.8, 4) is 5.75 Å². The molecule has 3 amide bonds. The van der Waals surface area contributed by atoms with Crippen LogP contribution >= 0.6 is 0 Å². The highest BCUT2D eigenvalue weighted by Gasteiger charge is 2.47. The number of nitrogens with zero attached hydrogens (tertiary/aromatic N) is 2.